The van der Waals surface area contributed by atoms with Gasteiger partial charge in [-0.2, -0.15) is 14.4 Å². The SMILES string of the molecule is Nc1nc(F)nc2c1ncn2[C@@H]1O[C@](C=C2CC2)(COCc2ccccc2)[C@@H](OCc2ccccc2)[C@H]1OC(=S)Oc1ccccc1. The Hall–Kier alpha value is -4.75. The highest BCUT2D eigenvalue weighted by molar-refractivity contribution is 7.79. The molecule has 7 rings (SSSR count). The topological polar surface area (TPSA) is 116 Å². The summed E-state index contributed by atoms with van der Waals surface area (Å²) in [5.41, 5.74) is 8.37. The quantitative estimate of drug-likeness (QED) is 0.102. The number of nitrogens with zero attached hydrogens (tertiary/aromatic N) is 4. The summed E-state index contributed by atoms with van der Waals surface area (Å²) in [6.07, 6.45) is 1.70. The number of nitrogens with two attached hydrogens (primary N) is 1. The molecule has 2 aromatic heterocycles. The Morgan fingerprint density at radius 3 is 2.30 bits per heavy atom. The van der Waals surface area contributed by atoms with E-state index in [4.69, 9.17) is 41.6 Å². The van der Waals surface area contributed by atoms with Crippen LogP contribution in [0.1, 0.15) is 30.2 Å². The van der Waals surface area contributed by atoms with Gasteiger partial charge in [0.1, 0.15) is 17.5 Å². The average Bonchev–Trinajstić information content (AvgIpc) is 3.71. The molecule has 5 aromatic rings. The molecular weight excluding hydrogens is 621 g/mol. The third-order valence-electron chi connectivity index (χ3n) is 7.97. The number of imidazole rings is 1. The highest BCUT2D eigenvalue weighted by atomic mass is 32.1. The number of hydrogen-bond acceptors (Lipinski definition) is 10. The van der Waals surface area contributed by atoms with Gasteiger partial charge in [0.2, 0.25) is 0 Å². The molecule has 0 radical (unpaired) electrons. The van der Waals surface area contributed by atoms with Crippen LogP contribution in [0.25, 0.3) is 11.2 Å². The number of nitrogen functional groups attached to an aromatic ring is 1. The van der Waals surface area contributed by atoms with Crippen LogP contribution in [0.4, 0.5) is 10.2 Å². The van der Waals surface area contributed by atoms with Crippen LogP contribution in [0, 0.1) is 6.08 Å². The Morgan fingerprint density at radius 1 is 0.957 bits per heavy atom. The first kappa shape index (κ1) is 30.9. The fourth-order valence-corrected chi connectivity index (χ4v) is 5.88. The van der Waals surface area contributed by atoms with E-state index in [0.29, 0.717) is 12.4 Å². The zero-order valence-corrected chi connectivity index (χ0v) is 26.1. The molecule has 4 atom stereocenters. The van der Waals surface area contributed by atoms with Crippen molar-refractivity contribution in [3.63, 3.8) is 0 Å². The molecular formula is C35H32FN5O5S. The lowest BCUT2D eigenvalue weighted by Crippen LogP contribution is -2.48. The molecule has 2 aliphatic rings. The van der Waals surface area contributed by atoms with Crippen molar-refractivity contribution < 1.29 is 28.1 Å². The van der Waals surface area contributed by atoms with Gasteiger partial charge in [0, 0.05) is 12.2 Å². The molecule has 0 bridgehead atoms. The first-order valence-corrected chi connectivity index (χ1v) is 15.6. The minimum Gasteiger partial charge on any atom is -0.445 e. The monoisotopic (exact) mass is 653 g/mol. The molecule has 10 nitrogen and oxygen atoms in total. The van der Waals surface area contributed by atoms with Crippen LogP contribution in [-0.4, -0.2) is 49.2 Å². The third kappa shape index (κ3) is 7.00. The number of rotatable bonds is 11. The number of hydrogen-bond donors (Lipinski definition) is 1. The molecule has 2 N–H and O–H groups in total. The molecule has 1 saturated heterocycles. The number of aromatic nitrogens is 4. The van der Waals surface area contributed by atoms with Gasteiger partial charge in [-0.25, -0.2) is 4.98 Å². The summed E-state index contributed by atoms with van der Waals surface area (Å²) >= 11 is 5.62. The maximum absolute atomic E-state index is 14.5. The molecule has 0 unspecified atom stereocenters. The number of para-hydroxylation sites is 1. The molecule has 1 aliphatic carbocycles. The standard InChI is InChI=1S/C35H32FN5O5S/c36-33-39-30(37)27-31(40-33)41(22-38-27)32-28(45-34(47)44-26-14-8-3-9-15-26)29(43-20-25-12-6-2-7-13-25)35(46-32,18-23-16-17-23)21-42-19-24-10-4-1-5-11-24/h1-15,18,22,28-29,32H,16-17,19-21H2,(H2,37,39,40)/t28-,29+,32-,35-/m1/s1. The number of benzene rings is 3. The van der Waals surface area contributed by atoms with Gasteiger partial charge < -0.3 is 29.4 Å². The Morgan fingerprint density at radius 2 is 1.62 bits per heavy atom. The van der Waals surface area contributed by atoms with E-state index < -0.39 is 30.1 Å². The summed E-state index contributed by atoms with van der Waals surface area (Å²) in [4.78, 5) is 12.0. The zero-order valence-electron chi connectivity index (χ0n) is 25.3. The Balaban J connectivity index is 1.30. The van der Waals surface area contributed by atoms with Gasteiger partial charge in [-0.3, -0.25) is 4.57 Å². The van der Waals surface area contributed by atoms with Crippen LogP contribution in [0.3, 0.4) is 0 Å². The average molecular weight is 654 g/mol. The molecule has 0 amide bonds. The lowest BCUT2D eigenvalue weighted by molar-refractivity contribution is -0.129. The van der Waals surface area contributed by atoms with E-state index in [0.717, 1.165) is 24.0 Å². The molecule has 240 valence electrons. The Labute approximate surface area is 275 Å². The van der Waals surface area contributed by atoms with Gasteiger partial charge in [0.05, 0.1) is 26.1 Å². The predicted octanol–water partition coefficient (Wildman–Crippen LogP) is 6.09. The second kappa shape index (κ2) is 13.5. The highest BCUT2D eigenvalue weighted by Gasteiger charge is 2.58. The van der Waals surface area contributed by atoms with E-state index in [-0.39, 0.29) is 35.4 Å². The number of fused-ring (bicyclic) bond motifs is 1. The summed E-state index contributed by atoms with van der Waals surface area (Å²) < 4.78 is 48.5. The maximum Gasteiger partial charge on any atom is 0.358 e. The lowest BCUT2D eigenvalue weighted by atomic mass is 9.94. The number of ether oxygens (including phenoxy) is 5. The van der Waals surface area contributed by atoms with Crippen LogP contribution < -0.4 is 10.5 Å². The molecule has 2 fully saturated rings. The number of thiocarbonyl (C=S) groups is 1. The predicted molar refractivity (Wildman–Crippen MR) is 176 cm³/mol. The Kier molecular flexibility index (Phi) is 8.90. The van der Waals surface area contributed by atoms with Crippen molar-refractivity contribution in [1.29, 1.82) is 0 Å². The lowest BCUT2D eigenvalue weighted by Gasteiger charge is -2.32. The maximum atomic E-state index is 14.5. The van der Waals surface area contributed by atoms with E-state index >= 15 is 0 Å². The summed E-state index contributed by atoms with van der Waals surface area (Å²) in [6, 6.07) is 28.7. The summed E-state index contributed by atoms with van der Waals surface area (Å²) in [5.74, 6) is 0.405. The second-order valence-corrected chi connectivity index (χ2v) is 11.7. The molecule has 3 heterocycles. The van der Waals surface area contributed by atoms with Crippen molar-refractivity contribution in [3.8, 4) is 5.75 Å². The first-order valence-electron chi connectivity index (χ1n) is 15.2. The smallest absolute Gasteiger partial charge is 0.358 e. The van der Waals surface area contributed by atoms with E-state index in [9.17, 15) is 4.39 Å². The van der Waals surface area contributed by atoms with Crippen molar-refractivity contribution in [2.75, 3.05) is 12.3 Å². The fraction of sp³-hybridized carbons (Fsp3) is 0.257. The van der Waals surface area contributed by atoms with Crippen LogP contribution in [0.15, 0.2) is 109 Å². The fourth-order valence-electron chi connectivity index (χ4n) is 5.67. The Bertz CT molecular complexity index is 1870. The zero-order chi connectivity index (χ0) is 32.2. The van der Waals surface area contributed by atoms with Gasteiger partial charge in [0.15, 0.2) is 29.3 Å². The van der Waals surface area contributed by atoms with Crippen molar-refractivity contribution >= 4 is 34.4 Å². The number of halogens is 1. The van der Waals surface area contributed by atoms with Crippen LogP contribution in [-0.2, 0) is 32.2 Å². The van der Waals surface area contributed by atoms with E-state index in [1.54, 1.807) is 16.7 Å². The van der Waals surface area contributed by atoms with Gasteiger partial charge >= 0.3 is 11.3 Å². The van der Waals surface area contributed by atoms with E-state index in [1.807, 2.05) is 78.9 Å². The minimum absolute atomic E-state index is 0.0981. The third-order valence-corrected chi connectivity index (χ3v) is 8.15. The van der Waals surface area contributed by atoms with Gasteiger partial charge in [-0.15, -0.1) is 0 Å². The van der Waals surface area contributed by atoms with Crippen molar-refractivity contribution in [2.24, 2.45) is 0 Å². The van der Waals surface area contributed by atoms with Crippen LogP contribution in [0.5, 0.6) is 5.75 Å². The molecule has 0 spiro atoms. The van der Waals surface area contributed by atoms with Crippen LogP contribution >= 0.6 is 12.2 Å². The summed E-state index contributed by atoms with van der Waals surface area (Å²) in [5, 5.41) is -0.145. The van der Waals surface area contributed by atoms with Crippen molar-refractivity contribution in [2.45, 2.75) is 50.1 Å². The van der Waals surface area contributed by atoms with Crippen molar-refractivity contribution in [3.05, 3.63) is 126 Å². The van der Waals surface area contributed by atoms with Gasteiger partial charge in [0.25, 0.3) is 0 Å². The number of allylic oxidation sites excluding steroid dienone is 1. The molecule has 47 heavy (non-hydrogen) atoms. The van der Waals surface area contributed by atoms with Crippen LogP contribution in [0.2, 0.25) is 0 Å². The van der Waals surface area contributed by atoms with E-state index in [2.05, 4.69) is 21.0 Å². The second-order valence-electron chi connectivity index (χ2n) is 11.4. The normalized spacial score (nSPS) is 21.9. The summed E-state index contributed by atoms with van der Waals surface area (Å²) in [6.45, 7) is 0.701. The molecule has 3 aromatic carbocycles. The highest BCUT2D eigenvalue weighted by Crippen LogP contribution is 2.46. The number of anilines is 1. The largest absolute Gasteiger partial charge is 0.445 e. The summed E-state index contributed by atoms with van der Waals surface area (Å²) in [7, 11) is 0. The van der Waals surface area contributed by atoms with Gasteiger partial charge in [-0.05, 0) is 42.2 Å². The minimum atomic E-state index is -1.15. The molecule has 1 saturated carbocycles. The van der Waals surface area contributed by atoms with E-state index in [1.165, 1.54) is 11.9 Å². The first-order chi connectivity index (χ1) is 23.0. The van der Waals surface area contributed by atoms with Crippen molar-refractivity contribution in [1.82, 2.24) is 19.5 Å². The van der Waals surface area contributed by atoms with Gasteiger partial charge in [-0.1, -0.05) is 84.4 Å². The molecule has 12 heteroatoms. The molecule has 1 aliphatic heterocycles.